The second kappa shape index (κ2) is 7.07. The topological polar surface area (TPSA) is 42.0 Å². The van der Waals surface area contributed by atoms with Crippen molar-refractivity contribution in [3.63, 3.8) is 0 Å². The Hall–Kier alpha value is -2.66. The lowest BCUT2D eigenvalue weighted by atomic mass is 10.2. The second-order valence-corrected chi connectivity index (χ2v) is 5.77. The summed E-state index contributed by atoms with van der Waals surface area (Å²) in [5.41, 5.74) is 0.557. The molecule has 1 N–H and O–H groups in total. The number of anilines is 1. The van der Waals surface area contributed by atoms with Crippen molar-refractivity contribution < 1.29 is 9.18 Å². The molecule has 1 amide bonds. The molecule has 1 aromatic heterocycles. The molecule has 0 fully saturated rings. The molecule has 0 radical (unpaired) electrons. The Kier molecular flexibility index (Phi) is 4.68. The zero-order valence-corrected chi connectivity index (χ0v) is 12.9. The number of para-hydroxylation sites is 1. The van der Waals surface area contributed by atoms with E-state index in [0.29, 0.717) is 10.6 Å². The zero-order chi connectivity index (χ0) is 16.1. The summed E-state index contributed by atoms with van der Waals surface area (Å²) in [4.78, 5) is 17.7. The molecule has 2 aromatic carbocycles. The van der Waals surface area contributed by atoms with Gasteiger partial charge in [0, 0.05) is 11.1 Å². The monoisotopic (exact) mass is 324 g/mol. The number of rotatable bonds is 4. The first kappa shape index (κ1) is 15.2. The van der Waals surface area contributed by atoms with Crippen molar-refractivity contribution in [1.29, 1.82) is 0 Å². The summed E-state index contributed by atoms with van der Waals surface area (Å²) in [6.07, 6.45) is 1.63. The fourth-order valence-electron chi connectivity index (χ4n) is 2.00. The predicted molar refractivity (Wildman–Crippen MR) is 89.2 cm³/mol. The molecule has 0 aliphatic carbocycles. The van der Waals surface area contributed by atoms with Crippen molar-refractivity contribution in [2.24, 2.45) is 0 Å². The molecular weight excluding hydrogens is 311 g/mol. The highest BCUT2D eigenvalue weighted by Crippen LogP contribution is 2.28. The highest BCUT2D eigenvalue weighted by molar-refractivity contribution is 7.99. The van der Waals surface area contributed by atoms with Gasteiger partial charge >= 0.3 is 0 Å². The minimum absolute atomic E-state index is 0.150. The summed E-state index contributed by atoms with van der Waals surface area (Å²) in [5.74, 6) is -0.858. The van der Waals surface area contributed by atoms with E-state index in [9.17, 15) is 9.18 Å². The number of amides is 1. The number of nitrogens with one attached hydrogen (secondary N) is 1. The van der Waals surface area contributed by atoms with Crippen LogP contribution in [0.15, 0.2) is 82.8 Å². The maximum atomic E-state index is 13.7. The second-order valence-electron chi connectivity index (χ2n) is 4.71. The molecule has 0 atom stereocenters. The van der Waals surface area contributed by atoms with Gasteiger partial charge in [0.2, 0.25) is 0 Å². The molecule has 0 aliphatic heterocycles. The van der Waals surface area contributed by atoms with E-state index in [4.69, 9.17) is 0 Å². The largest absolute Gasteiger partial charge is 0.319 e. The summed E-state index contributed by atoms with van der Waals surface area (Å²) < 4.78 is 13.7. The number of hydrogen-bond acceptors (Lipinski definition) is 3. The molecule has 0 aliphatic rings. The maximum absolute atomic E-state index is 13.7. The van der Waals surface area contributed by atoms with E-state index in [1.165, 1.54) is 23.9 Å². The lowest BCUT2D eigenvalue weighted by molar-refractivity contribution is 0.102. The molecule has 0 unspecified atom stereocenters. The lowest BCUT2D eigenvalue weighted by Crippen LogP contribution is -2.14. The van der Waals surface area contributed by atoms with Crippen LogP contribution in [-0.2, 0) is 0 Å². The van der Waals surface area contributed by atoms with E-state index in [1.54, 1.807) is 30.5 Å². The van der Waals surface area contributed by atoms with Gasteiger partial charge in [-0.05, 0) is 36.4 Å². The average Bonchev–Trinajstić information content (AvgIpc) is 2.58. The van der Waals surface area contributed by atoms with Crippen molar-refractivity contribution in [3.8, 4) is 0 Å². The zero-order valence-electron chi connectivity index (χ0n) is 12.1. The molecule has 0 saturated carbocycles. The number of aromatic nitrogens is 1. The summed E-state index contributed by atoms with van der Waals surface area (Å²) >= 11 is 1.39. The number of carbonyl (C=O) groups excluding carboxylic acids is 1. The molecule has 1 heterocycles. The van der Waals surface area contributed by atoms with Gasteiger partial charge in [0.05, 0.1) is 11.3 Å². The molecule has 0 saturated heterocycles. The van der Waals surface area contributed by atoms with Gasteiger partial charge in [0.1, 0.15) is 10.8 Å². The number of nitrogens with zero attached hydrogens (tertiary/aromatic N) is 1. The average molecular weight is 324 g/mol. The van der Waals surface area contributed by atoms with Gasteiger partial charge in [0.15, 0.2) is 0 Å². The smallest absolute Gasteiger partial charge is 0.258 e. The number of carbonyl (C=O) groups is 1. The normalized spacial score (nSPS) is 10.3. The van der Waals surface area contributed by atoms with Crippen LogP contribution in [0.5, 0.6) is 0 Å². The van der Waals surface area contributed by atoms with Crippen LogP contribution in [0.3, 0.4) is 0 Å². The van der Waals surface area contributed by atoms with E-state index < -0.39 is 5.82 Å². The van der Waals surface area contributed by atoms with Crippen LogP contribution in [0.4, 0.5) is 10.1 Å². The van der Waals surface area contributed by atoms with Crippen LogP contribution < -0.4 is 5.32 Å². The molecule has 5 heteroatoms. The third kappa shape index (κ3) is 3.76. The van der Waals surface area contributed by atoms with Gasteiger partial charge in [-0.15, -0.1) is 0 Å². The first-order valence-electron chi connectivity index (χ1n) is 6.98. The lowest BCUT2D eigenvalue weighted by Gasteiger charge is -2.09. The van der Waals surface area contributed by atoms with Crippen molar-refractivity contribution in [3.05, 3.63) is 84.3 Å². The Morgan fingerprint density at radius 1 is 0.957 bits per heavy atom. The minimum Gasteiger partial charge on any atom is -0.319 e. The van der Waals surface area contributed by atoms with E-state index in [-0.39, 0.29) is 11.6 Å². The Morgan fingerprint density at radius 2 is 1.70 bits per heavy atom. The van der Waals surface area contributed by atoms with E-state index >= 15 is 0 Å². The van der Waals surface area contributed by atoms with Crippen LogP contribution in [0, 0.1) is 5.82 Å². The fourth-order valence-corrected chi connectivity index (χ4v) is 2.90. The Bertz CT molecular complexity index is 824. The van der Waals surface area contributed by atoms with Gasteiger partial charge < -0.3 is 5.32 Å². The van der Waals surface area contributed by atoms with Crippen molar-refractivity contribution in [1.82, 2.24) is 4.98 Å². The van der Waals surface area contributed by atoms with Crippen molar-refractivity contribution in [2.45, 2.75) is 9.92 Å². The number of benzene rings is 2. The van der Waals surface area contributed by atoms with E-state index in [2.05, 4.69) is 10.3 Å². The Morgan fingerprint density at radius 3 is 2.48 bits per heavy atom. The first-order chi connectivity index (χ1) is 11.2. The number of hydrogen-bond donors (Lipinski definition) is 1. The predicted octanol–water partition coefficient (Wildman–Crippen LogP) is 4.62. The highest BCUT2D eigenvalue weighted by Gasteiger charge is 2.14. The van der Waals surface area contributed by atoms with Gasteiger partial charge in [-0.1, -0.05) is 42.1 Å². The molecule has 0 bridgehead atoms. The molecule has 0 spiro atoms. The minimum atomic E-state index is -0.470. The number of halogens is 1. The van der Waals surface area contributed by atoms with Crippen LogP contribution in [0.2, 0.25) is 0 Å². The molecule has 3 nitrogen and oxygen atoms in total. The van der Waals surface area contributed by atoms with Gasteiger partial charge in [-0.25, -0.2) is 9.37 Å². The van der Waals surface area contributed by atoms with Crippen LogP contribution >= 0.6 is 11.8 Å². The maximum Gasteiger partial charge on any atom is 0.258 e. The third-order valence-corrected chi connectivity index (χ3v) is 4.12. The Balaban J connectivity index is 1.85. The van der Waals surface area contributed by atoms with Crippen molar-refractivity contribution in [2.75, 3.05) is 5.32 Å². The van der Waals surface area contributed by atoms with Crippen LogP contribution in [-0.4, -0.2) is 10.9 Å². The van der Waals surface area contributed by atoms with Gasteiger partial charge in [-0.3, -0.25) is 4.79 Å². The summed E-state index contributed by atoms with van der Waals surface area (Å²) in [6, 6.07) is 19.1. The third-order valence-electron chi connectivity index (χ3n) is 3.10. The van der Waals surface area contributed by atoms with E-state index in [1.807, 2.05) is 30.3 Å². The molecular formula is C18H13FN2OS. The van der Waals surface area contributed by atoms with Gasteiger partial charge in [0.25, 0.3) is 5.91 Å². The molecule has 23 heavy (non-hydrogen) atoms. The SMILES string of the molecule is O=C(Nc1ccccc1F)c1cccnc1Sc1ccccc1. The summed E-state index contributed by atoms with van der Waals surface area (Å²) in [5, 5.41) is 3.16. The van der Waals surface area contributed by atoms with Crippen molar-refractivity contribution >= 4 is 23.4 Å². The fraction of sp³-hybridized carbons (Fsp3) is 0. The standard InChI is InChI=1S/C18H13FN2OS/c19-15-10-4-5-11-16(15)21-17(22)14-9-6-12-20-18(14)23-13-7-2-1-3-8-13/h1-12H,(H,21,22). The number of pyridine rings is 1. The molecule has 114 valence electrons. The highest BCUT2D eigenvalue weighted by atomic mass is 32.2. The quantitative estimate of drug-likeness (QED) is 0.761. The molecule has 3 rings (SSSR count). The summed E-state index contributed by atoms with van der Waals surface area (Å²) in [7, 11) is 0. The van der Waals surface area contributed by atoms with Crippen LogP contribution in [0.25, 0.3) is 0 Å². The van der Waals surface area contributed by atoms with E-state index in [0.717, 1.165) is 4.90 Å². The van der Waals surface area contributed by atoms with Crippen LogP contribution in [0.1, 0.15) is 10.4 Å². The van der Waals surface area contributed by atoms with Gasteiger partial charge in [-0.2, -0.15) is 0 Å². The summed E-state index contributed by atoms with van der Waals surface area (Å²) in [6.45, 7) is 0. The molecule has 3 aromatic rings. The Labute approximate surface area is 137 Å². The first-order valence-corrected chi connectivity index (χ1v) is 7.79.